The molecule has 216 valence electrons. The zero-order valence-corrected chi connectivity index (χ0v) is 23.9. The number of methoxy groups -OCH3 is 1. The number of likely N-dealkylation sites (tertiary alicyclic amines) is 1. The molecular weight excluding hydrogens is 532 g/mol. The van der Waals surface area contributed by atoms with Crippen molar-refractivity contribution in [2.75, 3.05) is 40.5 Å². The number of hydrogen-bond acceptors (Lipinski definition) is 8. The highest BCUT2D eigenvalue weighted by Crippen LogP contribution is 2.37. The predicted octanol–water partition coefficient (Wildman–Crippen LogP) is 5.42. The number of nitrogens with zero attached hydrogens (tertiary/aromatic N) is 3. The summed E-state index contributed by atoms with van der Waals surface area (Å²) in [5, 5.41) is 13.0. The summed E-state index contributed by atoms with van der Waals surface area (Å²) in [5.74, 6) is 1.51. The average Bonchev–Trinajstić information content (AvgIpc) is 3.47. The number of aromatic nitrogens is 1. The van der Waals surface area contributed by atoms with E-state index < -0.39 is 0 Å². The summed E-state index contributed by atoms with van der Waals surface area (Å²) in [5.41, 5.74) is 4.67. The molecule has 0 radical (unpaired) electrons. The molecule has 2 saturated heterocycles. The van der Waals surface area contributed by atoms with Crippen molar-refractivity contribution in [3.63, 3.8) is 0 Å². The van der Waals surface area contributed by atoms with Gasteiger partial charge in [-0.05, 0) is 68.9 Å². The molecule has 0 atom stereocenters. The number of amides is 1. The molecular formula is C33H34N4O5. The van der Waals surface area contributed by atoms with E-state index in [1.54, 1.807) is 19.4 Å². The van der Waals surface area contributed by atoms with Gasteiger partial charge in [0.1, 0.15) is 34.9 Å². The predicted molar refractivity (Wildman–Crippen MR) is 159 cm³/mol. The van der Waals surface area contributed by atoms with Gasteiger partial charge in [0.15, 0.2) is 5.58 Å². The van der Waals surface area contributed by atoms with Crippen LogP contribution >= 0.6 is 0 Å². The van der Waals surface area contributed by atoms with Crippen molar-refractivity contribution in [3.05, 3.63) is 65.9 Å². The van der Waals surface area contributed by atoms with Crippen LogP contribution in [-0.4, -0.2) is 68.4 Å². The Bertz CT molecular complexity index is 1630. The van der Waals surface area contributed by atoms with Crippen molar-refractivity contribution in [3.8, 4) is 40.0 Å². The molecule has 2 aromatic carbocycles. The van der Waals surface area contributed by atoms with Crippen LogP contribution in [0.4, 0.5) is 0 Å². The van der Waals surface area contributed by atoms with Crippen LogP contribution < -0.4 is 14.8 Å². The van der Waals surface area contributed by atoms with Crippen molar-refractivity contribution >= 4 is 17.0 Å². The molecule has 0 spiro atoms. The lowest BCUT2D eigenvalue weighted by Gasteiger charge is -2.29. The molecule has 0 bridgehead atoms. The molecule has 0 saturated carbocycles. The van der Waals surface area contributed by atoms with E-state index in [4.69, 9.17) is 18.6 Å². The van der Waals surface area contributed by atoms with Crippen LogP contribution in [0.25, 0.3) is 33.6 Å². The first kappa shape index (κ1) is 27.8. The lowest BCUT2D eigenvalue weighted by atomic mass is 10.0. The van der Waals surface area contributed by atoms with Gasteiger partial charge in [0.05, 0.1) is 31.5 Å². The molecule has 0 aliphatic carbocycles. The average molecular weight is 567 g/mol. The number of fused-ring (bicyclic) bond motifs is 1. The highest BCUT2D eigenvalue weighted by atomic mass is 16.5. The van der Waals surface area contributed by atoms with E-state index in [1.165, 1.54) is 0 Å². The molecule has 0 unspecified atom stereocenters. The third kappa shape index (κ3) is 5.82. The third-order valence-electron chi connectivity index (χ3n) is 8.07. The number of benzene rings is 2. The smallest absolute Gasteiger partial charge is 0.255 e. The Kier molecular flexibility index (Phi) is 8.08. The minimum atomic E-state index is -0.140. The molecule has 2 aromatic heterocycles. The van der Waals surface area contributed by atoms with Crippen molar-refractivity contribution in [2.24, 2.45) is 0 Å². The van der Waals surface area contributed by atoms with Crippen LogP contribution in [0.15, 0.2) is 59.1 Å². The number of nitrogens with one attached hydrogen (secondary N) is 1. The van der Waals surface area contributed by atoms with E-state index in [0.29, 0.717) is 52.7 Å². The van der Waals surface area contributed by atoms with Crippen molar-refractivity contribution in [2.45, 2.75) is 37.8 Å². The summed E-state index contributed by atoms with van der Waals surface area (Å²) in [6.07, 6.45) is 5.24. The summed E-state index contributed by atoms with van der Waals surface area (Å²) in [4.78, 5) is 19.9. The molecule has 9 heteroatoms. The summed E-state index contributed by atoms with van der Waals surface area (Å²) in [6.45, 7) is 3.27. The second kappa shape index (κ2) is 12.2. The van der Waals surface area contributed by atoms with Crippen molar-refractivity contribution in [1.29, 1.82) is 5.26 Å². The van der Waals surface area contributed by atoms with Crippen LogP contribution in [0.1, 0.15) is 41.6 Å². The molecule has 1 N–H and O–H groups in total. The number of rotatable bonds is 7. The minimum absolute atomic E-state index is 0.0423. The normalized spacial score (nSPS) is 16.7. The second-order valence-corrected chi connectivity index (χ2v) is 10.9. The first-order chi connectivity index (χ1) is 20.5. The SMILES string of the molecule is COc1cc(-c2cc3nccc(-c4ccc(OC5CCOCC5)c(C#N)c4)c3o2)ccc1C(=O)NC1CCN(C)CC1. The summed E-state index contributed by atoms with van der Waals surface area (Å²) < 4.78 is 23.5. The maximum Gasteiger partial charge on any atom is 0.255 e. The fourth-order valence-corrected chi connectivity index (χ4v) is 5.62. The lowest BCUT2D eigenvalue weighted by Crippen LogP contribution is -2.43. The van der Waals surface area contributed by atoms with E-state index in [9.17, 15) is 10.1 Å². The monoisotopic (exact) mass is 566 g/mol. The zero-order valence-electron chi connectivity index (χ0n) is 23.9. The number of furan rings is 1. The minimum Gasteiger partial charge on any atom is -0.496 e. The maximum atomic E-state index is 13.1. The largest absolute Gasteiger partial charge is 0.496 e. The van der Waals surface area contributed by atoms with Gasteiger partial charge in [0.25, 0.3) is 5.91 Å². The van der Waals surface area contributed by atoms with Gasteiger partial charge >= 0.3 is 0 Å². The molecule has 9 nitrogen and oxygen atoms in total. The van der Waals surface area contributed by atoms with Gasteiger partial charge in [-0.1, -0.05) is 12.1 Å². The first-order valence-corrected chi connectivity index (χ1v) is 14.4. The highest BCUT2D eigenvalue weighted by Gasteiger charge is 2.22. The molecule has 2 aliphatic rings. The Morgan fingerprint density at radius 1 is 1.02 bits per heavy atom. The number of hydrogen-bond donors (Lipinski definition) is 1. The molecule has 2 fully saturated rings. The number of pyridine rings is 1. The summed E-state index contributed by atoms with van der Waals surface area (Å²) in [7, 11) is 3.66. The van der Waals surface area contributed by atoms with E-state index in [1.807, 2.05) is 42.5 Å². The van der Waals surface area contributed by atoms with Crippen LogP contribution in [-0.2, 0) is 4.74 Å². The zero-order chi connectivity index (χ0) is 29.1. The Labute approximate surface area is 245 Å². The number of piperidine rings is 1. The topological polar surface area (TPSA) is 110 Å². The van der Waals surface area contributed by atoms with Crippen LogP contribution in [0.5, 0.6) is 11.5 Å². The Balaban J connectivity index is 1.26. The van der Waals surface area contributed by atoms with Gasteiger partial charge in [0.2, 0.25) is 0 Å². The molecule has 4 aromatic rings. The van der Waals surface area contributed by atoms with Gasteiger partial charge in [-0.15, -0.1) is 0 Å². The first-order valence-electron chi connectivity index (χ1n) is 14.4. The quantitative estimate of drug-likeness (QED) is 0.316. The van der Waals surface area contributed by atoms with Crippen LogP contribution in [0.3, 0.4) is 0 Å². The summed E-state index contributed by atoms with van der Waals surface area (Å²) in [6, 6.07) is 17.2. The summed E-state index contributed by atoms with van der Waals surface area (Å²) >= 11 is 0. The molecule has 6 rings (SSSR count). The molecule has 42 heavy (non-hydrogen) atoms. The van der Waals surface area contributed by atoms with Gasteiger partial charge in [-0.25, -0.2) is 0 Å². The number of ether oxygens (including phenoxy) is 3. The second-order valence-electron chi connectivity index (χ2n) is 10.9. The van der Waals surface area contributed by atoms with Crippen LogP contribution in [0.2, 0.25) is 0 Å². The molecule has 2 aliphatic heterocycles. The van der Waals surface area contributed by atoms with Gasteiger partial charge < -0.3 is 28.8 Å². The lowest BCUT2D eigenvalue weighted by molar-refractivity contribution is 0.0254. The fraction of sp³-hybridized carbons (Fsp3) is 0.364. The van der Waals surface area contributed by atoms with Crippen LogP contribution in [0, 0.1) is 11.3 Å². The number of carbonyl (C=O) groups is 1. The maximum absolute atomic E-state index is 13.1. The number of carbonyl (C=O) groups excluding carboxylic acids is 1. The molecule has 1 amide bonds. The van der Waals surface area contributed by atoms with E-state index in [0.717, 1.165) is 55.5 Å². The fourth-order valence-electron chi connectivity index (χ4n) is 5.62. The van der Waals surface area contributed by atoms with E-state index >= 15 is 0 Å². The highest BCUT2D eigenvalue weighted by molar-refractivity contribution is 5.98. The Hall–Kier alpha value is -4.39. The third-order valence-corrected chi connectivity index (χ3v) is 8.07. The standard InChI is InChI=1S/C33H34N4O5/c1-37-13-8-24(9-14-37)36-33(38)27-5-3-22(18-31(27)39-2)30-19-28-32(42-30)26(7-12-35-28)21-4-6-29(23(17-21)20-34)41-25-10-15-40-16-11-25/h3-7,12,17-19,24-25H,8-11,13-16H2,1-2H3,(H,36,38). The van der Waals surface area contributed by atoms with E-state index in [-0.39, 0.29) is 18.1 Å². The number of nitriles is 1. The van der Waals surface area contributed by atoms with Crippen molar-refractivity contribution < 1.29 is 23.4 Å². The Morgan fingerprint density at radius 2 is 1.81 bits per heavy atom. The van der Waals surface area contributed by atoms with Crippen molar-refractivity contribution in [1.82, 2.24) is 15.2 Å². The van der Waals surface area contributed by atoms with Gasteiger partial charge in [-0.3, -0.25) is 9.78 Å². The Morgan fingerprint density at radius 3 is 2.57 bits per heavy atom. The van der Waals surface area contributed by atoms with Gasteiger partial charge in [0, 0.05) is 42.3 Å². The molecule has 4 heterocycles. The van der Waals surface area contributed by atoms with Gasteiger partial charge in [-0.2, -0.15) is 5.26 Å². The van der Waals surface area contributed by atoms with E-state index in [2.05, 4.69) is 28.3 Å².